The van der Waals surface area contributed by atoms with Crippen molar-refractivity contribution in [2.45, 2.75) is 32.9 Å². The predicted octanol–water partition coefficient (Wildman–Crippen LogP) is 3.23. The molecule has 6 heteroatoms. The van der Waals surface area contributed by atoms with Crippen molar-refractivity contribution in [1.29, 1.82) is 0 Å². The third-order valence-electron chi connectivity index (χ3n) is 4.61. The molecule has 0 saturated heterocycles. The van der Waals surface area contributed by atoms with Crippen LogP contribution in [0.25, 0.3) is 6.08 Å². The first-order chi connectivity index (χ1) is 13.4. The van der Waals surface area contributed by atoms with E-state index in [2.05, 4.69) is 10.6 Å². The molecule has 1 aliphatic heterocycles. The van der Waals surface area contributed by atoms with Crippen LogP contribution in [0.5, 0.6) is 0 Å². The molecule has 6 nitrogen and oxygen atoms in total. The molecule has 0 aliphatic carbocycles. The fraction of sp³-hybridized carbons (Fsp3) is 0.227. The molecule has 0 saturated carbocycles. The van der Waals surface area contributed by atoms with E-state index < -0.39 is 0 Å². The maximum Gasteiger partial charge on any atom is 0.223 e. The topological polar surface area (TPSA) is 78.5 Å². The summed E-state index contributed by atoms with van der Waals surface area (Å²) in [6.45, 7) is 3.33. The molecule has 0 radical (unpaired) electrons. The summed E-state index contributed by atoms with van der Waals surface area (Å²) < 4.78 is 0. The van der Waals surface area contributed by atoms with Gasteiger partial charge in [0, 0.05) is 32.3 Å². The Kier molecular flexibility index (Phi) is 5.89. The van der Waals surface area contributed by atoms with Gasteiger partial charge in [0.25, 0.3) is 0 Å². The van der Waals surface area contributed by atoms with Gasteiger partial charge in [-0.1, -0.05) is 36.4 Å². The second-order valence-electron chi connectivity index (χ2n) is 6.75. The quantitative estimate of drug-likeness (QED) is 0.840. The van der Waals surface area contributed by atoms with Gasteiger partial charge < -0.3 is 15.5 Å². The van der Waals surface area contributed by atoms with Crippen LogP contribution in [-0.4, -0.2) is 22.6 Å². The minimum Gasteiger partial charge on any atom is -0.352 e. The fourth-order valence-corrected chi connectivity index (χ4v) is 3.27. The van der Waals surface area contributed by atoms with Crippen molar-refractivity contribution in [3.63, 3.8) is 0 Å². The summed E-state index contributed by atoms with van der Waals surface area (Å²) in [5.74, 6) is -0.359. The zero-order valence-corrected chi connectivity index (χ0v) is 15.9. The van der Waals surface area contributed by atoms with Gasteiger partial charge in [-0.2, -0.15) is 0 Å². The van der Waals surface area contributed by atoms with E-state index in [0.717, 1.165) is 16.7 Å². The third-order valence-corrected chi connectivity index (χ3v) is 4.61. The van der Waals surface area contributed by atoms with Crippen molar-refractivity contribution < 1.29 is 14.4 Å². The Hall–Kier alpha value is -3.41. The highest BCUT2D eigenvalue weighted by Gasteiger charge is 2.27. The first-order valence-corrected chi connectivity index (χ1v) is 9.13. The Morgan fingerprint density at radius 1 is 1.00 bits per heavy atom. The first-order valence-electron chi connectivity index (χ1n) is 9.13. The van der Waals surface area contributed by atoms with E-state index >= 15 is 0 Å². The van der Waals surface area contributed by atoms with Gasteiger partial charge >= 0.3 is 0 Å². The largest absolute Gasteiger partial charge is 0.352 e. The molecule has 1 heterocycles. The molecule has 0 aromatic heterocycles. The highest BCUT2D eigenvalue weighted by molar-refractivity contribution is 5.88. The van der Waals surface area contributed by atoms with Crippen molar-refractivity contribution in [2.24, 2.45) is 0 Å². The van der Waals surface area contributed by atoms with E-state index in [4.69, 9.17) is 0 Å². The summed E-state index contributed by atoms with van der Waals surface area (Å²) in [6.07, 6.45) is 3.82. The van der Waals surface area contributed by atoms with Gasteiger partial charge in [0.05, 0.1) is 12.5 Å². The number of benzene rings is 2. The first kappa shape index (κ1) is 19.4. The van der Waals surface area contributed by atoms with Crippen LogP contribution in [0.15, 0.2) is 54.7 Å². The van der Waals surface area contributed by atoms with Gasteiger partial charge in [0.15, 0.2) is 0 Å². The van der Waals surface area contributed by atoms with E-state index in [0.29, 0.717) is 12.2 Å². The Morgan fingerprint density at radius 3 is 2.39 bits per heavy atom. The van der Waals surface area contributed by atoms with Crippen LogP contribution in [0, 0.1) is 0 Å². The molecule has 28 heavy (non-hydrogen) atoms. The Bertz CT molecular complexity index is 919. The van der Waals surface area contributed by atoms with Crippen molar-refractivity contribution in [2.75, 3.05) is 5.32 Å². The number of amides is 3. The smallest absolute Gasteiger partial charge is 0.223 e. The molecule has 0 spiro atoms. The van der Waals surface area contributed by atoms with Gasteiger partial charge in [-0.3, -0.25) is 14.4 Å². The maximum atomic E-state index is 12.5. The van der Waals surface area contributed by atoms with Crippen LogP contribution in [-0.2, 0) is 20.9 Å². The molecular formula is C22H23N3O3. The fourth-order valence-electron chi connectivity index (χ4n) is 3.27. The number of nitrogens with zero attached hydrogens (tertiary/aromatic N) is 1. The number of anilines is 1. The number of carbonyl (C=O) groups is 3. The van der Waals surface area contributed by atoms with Gasteiger partial charge in [-0.25, -0.2) is 0 Å². The second-order valence-corrected chi connectivity index (χ2v) is 6.75. The van der Waals surface area contributed by atoms with E-state index in [1.165, 1.54) is 13.8 Å². The van der Waals surface area contributed by atoms with Crippen LogP contribution >= 0.6 is 0 Å². The molecule has 0 fully saturated rings. The van der Waals surface area contributed by atoms with Crippen molar-refractivity contribution in [1.82, 2.24) is 10.2 Å². The van der Waals surface area contributed by atoms with Gasteiger partial charge in [-0.15, -0.1) is 0 Å². The summed E-state index contributed by atoms with van der Waals surface area (Å²) in [7, 11) is 0. The van der Waals surface area contributed by atoms with Crippen LogP contribution in [0.4, 0.5) is 5.69 Å². The highest BCUT2D eigenvalue weighted by atomic mass is 16.2. The maximum absolute atomic E-state index is 12.5. The van der Waals surface area contributed by atoms with E-state index in [9.17, 15) is 14.4 Å². The molecule has 1 atom stereocenters. The van der Waals surface area contributed by atoms with E-state index in [-0.39, 0.29) is 30.2 Å². The molecule has 2 N–H and O–H groups in total. The zero-order valence-electron chi connectivity index (χ0n) is 15.9. The van der Waals surface area contributed by atoms with Gasteiger partial charge in [0.2, 0.25) is 17.7 Å². The molecule has 3 rings (SSSR count). The normalized spacial score (nSPS) is 14.9. The summed E-state index contributed by atoms with van der Waals surface area (Å²) in [4.78, 5) is 37.2. The number of fused-ring (bicyclic) bond motifs is 1. The number of hydrogen-bond acceptors (Lipinski definition) is 3. The number of hydrogen-bond donors (Lipinski definition) is 2. The van der Waals surface area contributed by atoms with Crippen molar-refractivity contribution in [3.05, 3.63) is 71.4 Å². The highest BCUT2D eigenvalue weighted by Crippen LogP contribution is 2.32. The van der Waals surface area contributed by atoms with E-state index in [1.54, 1.807) is 23.2 Å². The molecule has 2 aromatic rings. The van der Waals surface area contributed by atoms with Crippen LogP contribution in [0.3, 0.4) is 0 Å². The summed E-state index contributed by atoms with van der Waals surface area (Å²) >= 11 is 0. The monoisotopic (exact) mass is 377 g/mol. The average molecular weight is 377 g/mol. The van der Waals surface area contributed by atoms with Crippen LogP contribution < -0.4 is 10.6 Å². The molecule has 3 amide bonds. The van der Waals surface area contributed by atoms with Crippen molar-refractivity contribution >= 4 is 29.5 Å². The zero-order chi connectivity index (χ0) is 20.1. The third kappa shape index (κ3) is 4.65. The summed E-state index contributed by atoms with van der Waals surface area (Å²) in [6, 6.07) is 14.8. The lowest BCUT2D eigenvalue weighted by atomic mass is 9.93. The van der Waals surface area contributed by atoms with Crippen LogP contribution in [0.1, 0.15) is 43.0 Å². The van der Waals surface area contributed by atoms with E-state index in [1.807, 2.05) is 42.5 Å². The molecule has 1 unspecified atom stereocenters. The second kappa shape index (κ2) is 8.52. The Labute approximate surface area is 164 Å². The minimum absolute atomic E-state index is 0.0999. The number of rotatable bonds is 5. The lowest BCUT2D eigenvalue weighted by Crippen LogP contribution is -2.35. The standard InChI is InChI=1S/C22H23N3O3/c1-15(26)24-19-9-7-17(8-10-19)14-23-22(28)13-21-20-6-4-3-5-18(20)11-12-25(21)16(2)27/h3-12,21H,13-14H2,1-2H3,(H,23,28)(H,24,26). The number of carbonyl (C=O) groups excluding carboxylic acids is 3. The van der Waals surface area contributed by atoms with Crippen molar-refractivity contribution in [3.8, 4) is 0 Å². The van der Waals surface area contributed by atoms with Crippen LogP contribution in [0.2, 0.25) is 0 Å². The lowest BCUT2D eigenvalue weighted by Gasteiger charge is -2.32. The van der Waals surface area contributed by atoms with Gasteiger partial charge in [0.1, 0.15) is 0 Å². The Morgan fingerprint density at radius 2 is 1.71 bits per heavy atom. The Balaban J connectivity index is 1.64. The van der Waals surface area contributed by atoms with Gasteiger partial charge in [-0.05, 0) is 34.9 Å². The molecule has 144 valence electrons. The summed E-state index contributed by atoms with van der Waals surface area (Å²) in [5.41, 5.74) is 3.63. The number of nitrogens with one attached hydrogen (secondary N) is 2. The molecule has 2 aromatic carbocycles. The SMILES string of the molecule is CC(=O)Nc1ccc(CNC(=O)CC2c3ccccc3C=CN2C(C)=O)cc1. The average Bonchev–Trinajstić information content (AvgIpc) is 2.67. The minimum atomic E-state index is -0.319. The predicted molar refractivity (Wildman–Crippen MR) is 108 cm³/mol. The summed E-state index contributed by atoms with van der Waals surface area (Å²) in [5, 5.41) is 5.61. The molecular weight excluding hydrogens is 354 g/mol. The molecule has 1 aliphatic rings. The molecule has 0 bridgehead atoms. The lowest BCUT2D eigenvalue weighted by molar-refractivity contribution is -0.130.